The van der Waals surface area contributed by atoms with Gasteiger partial charge in [-0.1, -0.05) is 31.2 Å². The molecule has 9 heteroatoms. The zero-order valence-electron chi connectivity index (χ0n) is 20.6. The Morgan fingerprint density at radius 2 is 1.68 bits per heavy atom. The van der Waals surface area contributed by atoms with Crippen molar-refractivity contribution < 1.29 is 28.2 Å². The lowest BCUT2D eigenvalue weighted by Crippen LogP contribution is -2.46. The molecule has 1 aliphatic heterocycles. The zero-order chi connectivity index (χ0) is 26.4. The maximum absolute atomic E-state index is 13.3. The number of halogens is 1. The van der Waals surface area contributed by atoms with Crippen LogP contribution in [0.3, 0.4) is 0 Å². The third kappa shape index (κ3) is 6.06. The fourth-order valence-corrected chi connectivity index (χ4v) is 4.05. The number of carbonyl (C=O) groups excluding carboxylic acids is 3. The first-order chi connectivity index (χ1) is 17.9. The highest BCUT2D eigenvalue weighted by Crippen LogP contribution is 2.34. The number of carbonyl (C=O) groups is 3. The molecule has 0 saturated carbocycles. The highest BCUT2D eigenvalue weighted by atomic mass is 19.1. The fourth-order valence-electron chi connectivity index (χ4n) is 4.05. The molecule has 0 bridgehead atoms. The second-order valence-electron chi connectivity index (χ2n) is 8.60. The number of ether oxygens (including phenoxy) is 2. The molecule has 1 heterocycles. The van der Waals surface area contributed by atoms with Gasteiger partial charge in [-0.25, -0.2) is 9.18 Å². The Bertz CT molecular complexity index is 1250. The van der Waals surface area contributed by atoms with E-state index in [2.05, 4.69) is 10.6 Å². The Morgan fingerprint density at radius 1 is 1.00 bits per heavy atom. The third-order valence-electron chi connectivity index (χ3n) is 6.02. The summed E-state index contributed by atoms with van der Waals surface area (Å²) in [6.07, 6.45) is -0.752. The third-order valence-corrected chi connectivity index (χ3v) is 6.02. The second kappa shape index (κ2) is 11.6. The van der Waals surface area contributed by atoms with E-state index in [0.29, 0.717) is 34.7 Å². The fraction of sp³-hybridized carbons (Fsp3) is 0.250. The van der Waals surface area contributed by atoms with E-state index in [0.717, 1.165) is 6.42 Å². The van der Waals surface area contributed by atoms with Gasteiger partial charge >= 0.3 is 6.09 Å². The van der Waals surface area contributed by atoms with Crippen molar-refractivity contribution in [3.63, 3.8) is 0 Å². The van der Waals surface area contributed by atoms with Crippen molar-refractivity contribution in [3.05, 3.63) is 95.3 Å². The van der Waals surface area contributed by atoms with Crippen molar-refractivity contribution in [2.45, 2.75) is 32.0 Å². The van der Waals surface area contributed by atoms with Crippen molar-refractivity contribution >= 4 is 23.6 Å². The van der Waals surface area contributed by atoms with Crippen LogP contribution in [0.25, 0.3) is 0 Å². The summed E-state index contributed by atoms with van der Waals surface area (Å²) in [5.74, 6) is -0.360. The summed E-state index contributed by atoms with van der Waals surface area (Å²) in [5.41, 5.74) is 2.29. The summed E-state index contributed by atoms with van der Waals surface area (Å²) in [5, 5.41) is 5.67. The largest absolute Gasteiger partial charge is 0.497 e. The normalized spacial score (nSPS) is 16.7. The first-order valence-electron chi connectivity index (χ1n) is 11.9. The Balaban J connectivity index is 1.52. The molecule has 2 unspecified atom stereocenters. The van der Waals surface area contributed by atoms with Gasteiger partial charge in [0.25, 0.3) is 5.91 Å². The van der Waals surface area contributed by atoms with E-state index in [1.807, 2.05) is 6.92 Å². The van der Waals surface area contributed by atoms with E-state index < -0.39 is 18.2 Å². The van der Waals surface area contributed by atoms with Crippen molar-refractivity contribution in [3.8, 4) is 5.75 Å². The number of anilines is 1. The zero-order valence-corrected chi connectivity index (χ0v) is 20.6. The van der Waals surface area contributed by atoms with Gasteiger partial charge < -0.3 is 20.1 Å². The Hall–Kier alpha value is -4.40. The minimum absolute atomic E-state index is 0.0931. The summed E-state index contributed by atoms with van der Waals surface area (Å²) in [6, 6.07) is 18.4. The first-order valence-corrected chi connectivity index (χ1v) is 11.9. The Labute approximate surface area is 214 Å². The van der Waals surface area contributed by atoms with Crippen LogP contribution in [0.2, 0.25) is 0 Å². The minimum atomic E-state index is -0.913. The van der Waals surface area contributed by atoms with Crippen LogP contribution in [0.1, 0.15) is 40.9 Å². The molecule has 8 nitrogen and oxygen atoms in total. The van der Waals surface area contributed by atoms with Crippen LogP contribution in [-0.2, 0) is 16.1 Å². The SMILES string of the molecule is CCCNC(=O)C1C(c2ccc(NC(=O)c3ccc(OC)cc3)cc2)OC(=O)N1Cc1ccc(F)cc1. The highest BCUT2D eigenvalue weighted by Gasteiger charge is 2.46. The van der Waals surface area contributed by atoms with E-state index in [1.54, 1.807) is 67.8 Å². The lowest BCUT2D eigenvalue weighted by Gasteiger charge is -2.24. The van der Waals surface area contributed by atoms with E-state index >= 15 is 0 Å². The molecule has 3 amide bonds. The van der Waals surface area contributed by atoms with E-state index in [9.17, 15) is 18.8 Å². The highest BCUT2D eigenvalue weighted by molar-refractivity contribution is 6.04. The molecule has 2 atom stereocenters. The van der Waals surface area contributed by atoms with Gasteiger partial charge in [0.15, 0.2) is 12.1 Å². The molecule has 1 aliphatic rings. The molecule has 4 rings (SSSR count). The van der Waals surface area contributed by atoms with Crippen LogP contribution in [0.5, 0.6) is 5.75 Å². The summed E-state index contributed by atoms with van der Waals surface area (Å²) in [7, 11) is 1.55. The summed E-state index contributed by atoms with van der Waals surface area (Å²) < 4.78 is 24.1. The van der Waals surface area contributed by atoms with Gasteiger partial charge in [-0.15, -0.1) is 0 Å². The number of hydrogen-bond acceptors (Lipinski definition) is 5. The molecule has 1 fully saturated rings. The molecule has 1 saturated heterocycles. The van der Waals surface area contributed by atoms with Crippen LogP contribution in [0.15, 0.2) is 72.8 Å². The van der Waals surface area contributed by atoms with Crippen molar-refractivity contribution in [1.82, 2.24) is 10.2 Å². The van der Waals surface area contributed by atoms with Gasteiger partial charge in [0, 0.05) is 17.8 Å². The number of hydrogen-bond donors (Lipinski definition) is 2. The van der Waals surface area contributed by atoms with E-state index in [1.165, 1.54) is 17.0 Å². The lowest BCUT2D eigenvalue weighted by atomic mass is 10.00. The number of nitrogens with one attached hydrogen (secondary N) is 2. The monoisotopic (exact) mass is 505 g/mol. The average Bonchev–Trinajstić information content (AvgIpc) is 3.24. The van der Waals surface area contributed by atoms with Gasteiger partial charge in [0.05, 0.1) is 13.7 Å². The molecule has 0 spiro atoms. The van der Waals surface area contributed by atoms with Crippen LogP contribution in [0.4, 0.5) is 14.9 Å². The molecule has 37 heavy (non-hydrogen) atoms. The number of rotatable bonds is 9. The molecule has 0 radical (unpaired) electrons. The summed E-state index contributed by atoms with van der Waals surface area (Å²) in [6.45, 7) is 2.48. The van der Waals surface area contributed by atoms with Crippen LogP contribution >= 0.6 is 0 Å². The number of benzene rings is 3. The molecule has 2 N–H and O–H groups in total. The molecule has 3 aromatic carbocycles. The van der Waals surface area contributed by atoms with Gasteiger partial charge in [0.1, 0.15) is 11.6 Å². The van der Waals surface area contributed by atoms with Gasteiger partial charge in [-0.05, 0) is 66.1 Å². The van der Waals surface area contributed by atoms with Crippen molar-refractivity contribution in [1.29, 1.82) is 0 Å². The maximum atomic E-state index is 13.3. The topological polar surface area (TPSA) is 97.0 Å². The van der Waals surface area contributed by atoms with Gasteiger partial charge in [0.2, 0.25) is 5.91 Å². The molecular weight excluding hydrogens is 477 g/mol. The summed E-state index contributed by atoms with van der Waals surface area (Å²) >= 11 is 0. The van der Waals surface area contributed by atoms with Crippen molar-refractivity contribution in [2.75, 3.05) is 19.0 Å². The van der Waals surface area contributed by atoms with E-state index in [4.69, 9.17) is 9.47 Å². The molecule has 192 valence electrons. The predicted octanol–water partition coefficient (Wildman–Crippen LogP) is 4.67. The molecule has 3 aromatic rings. The number of cyclic esters (lactones) is 1. The Morgan fingerprint density at radius 3 is 2.30 bits per heavy atom. The molecule has 0 aliphatic carbocycles. The van der Waals surface area contributed by atoms with Gasteiger partial charge in [-0.3, -0.25) is 14.5 Å². The number of amides is 3. The quantitative estimate of drug-likeness (QED) is 0.440. The lowest BCUT2D eigenvalue weighted by molar-refractivity contribution is -0.126. The van der Waals surface area contributed by atoms with Crippen LogP contribution in [-0.4, -0.2) is 42.5 Å². The molecule has 0 aromatic heterocycles. The minimum Gasteiger partial charge on any atom is -0.497 e. The van der Waals surface area contributed by atoms with Gasteiger partial charge in [-0.2, -0.15) is 0 Å². The second-order valence-corrected chi connectivity index (χ2v) is 8.60. The Kier molecular flexibility index (Phi) is 8.02. The molecular formula is C28H28FN3O5. The maximum Gasteiger partial charge on any atom is 0.411 e. The number of nitrogens with zero attached hydrogens (tertiary/aromatic N) is 1. The standard InChI is InChI=1S/C28H28FN3O5/c1-3-16-30-27(34)24-25(37-28(35)32(24)17-18-4-10-21(29)11-5-18)19-6-12-22(13-7-19)31-26(33)20-8-14-23(36-2)15-9-20/h4-15,24-25H,3,16-17H2,1-2H3,(H,30,34)(H,31,33). The number of methoxy groups -OCH3 is 1. The first kappa shape index (κ1) is 25.7. The summed E-state index contributed by atoms with van der Waals surface area (Å²) in [4.78, 5) is 39.8. The van der Waals surface area contributed by atoms with Crippen molar-refractivity contribution in [2.24, 2.45) is 0 Å². The van der Waals surface area contributed by atoms with Crippen LogP contribution < -0.4 is 15.4 Å². The smallest absolute Gasteiger partial charge is 0.411 e. The van der Waals surface area contributed by atoms with Crippen LogP contribution in [0, 0.1) is 5.82 Å². The van der Waals surface area contributed by atoms with E-state index in [-0.39, 0.29) is 24.2 Å². The average molecular weight is 506 g/mol. The predicted molar refractivity (Wildman–Crippen MR) is 136 cm³/mol.